The fourth-order valence-electron chi connectivity index (χ4n) is 5.34. The zero-order valence-corrected chi connectivity index (χ0v) is 22.2. The van der Waals surface area contributed by atoms with Gasteiger partial charge < -0.3 is 20.3 Å². The fourth-order valence-corrected chi connectivity index (χ4v) is 5.58. The van der Waals surface area contributed by atoms with Crippen LogP contribution in [-0.2, 0) is 24.8 Å². The van der Waals surface area contributed by atoms with E-state index in [0.717, 1.165) is 94.8 Å². The summed E-state index contributed by atoms with van der Waals surface area (Å²) in [5.74, 6) is 0.629. The van der Waals surface area contributed by atoms with Crippen LogP contribution in [0.5, 0.6) is 5.75 Å². The van der Waals surface area contributed by atoms with Gasteiger partial charge in [0.15, 0.2) is 6.61 Å². The molecule has 2 aromatic carbocycles. The number of hydrogen-bond donors (Lipinski definition) is 2. The Morgan fingerprint density at radius 1 is 1.19 bits per heavy atom. The van der Waals surface area contributed by atoms with Crippen LogP contribution in [0.4, 0.5) is 5.69 Å². The smallest absolute Gasteiger partial charge is 0.262 e. The molecule has 1 fully saturated rings. The van der Waals surface area contributed by atoms with Crippen LogP contribution in [0.2, 0.25) is 5.02 Å². The van der Waals surface area contributed by atoms with E-state index in [4.69, 9.17) is 16.3 Å². The third-order valence-electron chi connectivity index (χ3n) is 7.35. The number of piperidine rings is 1. The van der Waals surface area contributed by atoms with E-state index in [1.807, 2.05) is 30.1 Å². The first-order valence-corrected chi connectivity index (χ1v) is 12.8. The molecule has 8 nitrogen and oxygen atoms in total. The molecule has 6 rings (SSSR count). The maximum absolute atomic E-state index is 11.6. The molecule has 37 heavy (non-hydrogen) atoms. The van der Waals surface area contributed by atoms with Gasteiger partial charge in [0.2, 0.25) is 0 Å². The number of halogens is 2. The number of benzene rings is 2. The predicted octanol–water partition coefficient (Wildman–Crippen LogP) is 4.32. The highest BCUT2D eigenvalue weighted by Crippen LogP contribution is 2.32. The molecule has 1 saturated heterocycles. The van der Waals surface area contributed by atoms with Gasteiger partial charge in [-0.2, -0.15) is 5.10 Å². The van der Waals surface area contributed by atoms with Crippen molar-refractivity contribution < 1.29 is 9.53 Å². The normalized spacial score (nSPS) is 16.3. The standard InChI is InChI=1S/C27H29ClN6O2.ClH/c1-33-24-4-3-22-27(20(24)14-31-33)19(21(28)15-30-22)8-11-34-9-6-18(7-10-34)29-13-17-2-5-25-23(12-17)32-26(35)16-36-25;/h2-5,12,14-15,18,29H,6-11,13,16H2,1H3,(H,32,35);1H. The van der Waals surface area contributed by atoms with Crippen LogP contribution < -0.4 is 15.4 Å². The van der Waals surface area contributed by atoms with Crippen LogP contribution in [-0.4, -0.2) is 57.9 Å². The molecule has 194 valence electrons. The lowest BCUT2D eigenvalue weighted by atomic mass is 10.0. The highest BCUT2D eigenvalue weighted by Gasteiger charge is 2.21. The van der Waals surface area contributed by atoms with E-state index in [2.05, 4.69) is 43.8 Å². The molecule has 0 atom stereocenters. The van der Waals surface area contributed by atoms with Crippen LogP contribution in [0.1, 0.15) is 24.0 Å². The van der Waals surface area contributed by atoms with Gasteiger partial charge in [-0.05, 0) is 67.7 Å². The van der Waals surface area contributed by atoms with E-state index in [0.29, 0.717) is 6.04 Å². The zero-order valence-electron chi connectivity index (χ0n) is 20.7. The number of likely N-dealkylation sites (tertiary alicyclic amines) is 1. The Kier molecular flexibility index (Phi) is 7.53. The first-order chi connectivity index (χ1) is 17.5. The van der Waals surface area contributed by atoms with Crippen molar-refractivity contribution in [3.8, 4) is 5.75 Å². The molecule has 2 aliphatic heterocycles. The molecule has 2 N–H and O–H groups in total. The molecule has 0 unspecified atom stereocenters. The summed E-state index contributed by atoms with van der Waals surface area (Å²) in [4.78, 5) is 18.7. The topological polar surface area (TPSA) is 84.3 Å². The Morgan fingerprint density at radius 2 is 2.03 bits per heavy atom. The van der Waals surface area contributed by atoms with E-state index in [-0.39, 0.29) is 24.9 Å². The minimum atomic E-state index is -0.106. The Labute approximate surface area is 226 Å². The van der Waals surface area contributed by atoms with Gasteiger partial charge in [-0.3, -0.25) is 14.5 Å². The van der Waals surface area contributed by atoms with E-state index in [1.54, 1.807) is 6.20 Å². The van der Waals surface area contributed by atoms with Crippen molar-refractivity contribution in [2.75, 3.05) is 31.6 Å². The van der Waals surface area contributed by atoms with E-state index < -0.39 is 0 Å². The average molecular weight is 541 g/mol. The van der Waals surface area contributed by atoms with Crippen LogP contribution in [0.15, 0.2) is 42.7 Å². The lowest BCUT2D eigenvalue weighted by Gasteiger charge is -2.32. The van der Waals surface area contributed by atoms with Gasteiger partial charge in [-0.25, -0.2) is 0 Å². The highest BCUT2D eigenvalue weighted by molar-refractivity contribution is 6.32. The SMILES string of the molecule is Cl.Cn1ncc2c3c(CCN4CCC(NCc5ccc6c(c5)NC(=O)CO6)CC4)c(Cl)cnc3ccc21. The first-order valence-electron chi connectivity index (χ1n) is 12.4. The second kappa shape index (κ2) is 10.8. The molecule has 10 heteroatoms. The number of ether oxygens (including phenoxy) is 1. The molecule has 4 aromatic rings. The maximum Gasteiger partial charge on any atom is 0.262 e. The quantitative estimate of drug-likeness (QED) is 0.378. The highest BCUT2D eigenvalue weighted by atomic mass is 35.5. The Morgan fingerprint density at radius 3 is 2.86 bits per heavy atom. The minimum Gasteiger partial charge on any atom is -0.482 e. The number of rotatable bonds is 6. The number of nitrogens with one attached hydrogen (secondary N) is 2. The van der Waals surface area contributed by atoms with Crippen LogP contribution in [0.3, 0.4) is 0 Å². The van der Waals surface area contributed by atoms with Gasteiger partial charge in [0.05, 0.1) is 27.9 Å². The molecule has 0 saturated carbocycles. The number of pyridine rings is 1. The molecule has 1 amide bonds. The fraction of sp³-hybridized carbons (Fsp3) is 0.370. The summed E-state index contributed by atoms with van der Waals surface area (Å²) in [6.45, 7) is 3.92. The molecule has 0 radical (unpaired) electrons. The van der Waals surface area contributed by atoms with Crippen molar-refractivity contribution in [1.29, 1.82) is 0 Å². The lowest BCUT2D eigenvalue weighted by Crippen LogP contribution is -2.42. The van der Waals surface area contributed by atoms with Gasteiger partial charge in [-0.1, -0.05) is 17.7 Å². The zero-order chi connectivity index (χ0) is 24.6. The lowest BCUT2D eigenvalue weighted by molar-refractivity contribution is -0.118. The van der Waals surface area contributed by atoms with Crippen molar-refractivity contribution in [2.24, 2.45) is 7.05 Å². The summed E-state index contributed by atoms with van der Waals surface area (Å²) in [5, 5.41) is 14.0. The second-order valence-corrected chi connectivity index (χ2v) is 10.1. The summed E-state index contributed by atoms with van der Waals surface area (Å²) in [6.07, 6.45) is 6.77. The number of fused-ring (bicyclic) bond motifs is 4. The van der Waals surface area contributed by atoms with E-state index in [1.165, 1.54) is 0 Å². The summed E-state index contributed by atoms with van der Waals surface area (Å²) in [6, 6.07) is 10.6. The molecule has 0 aliphatic carbocycles. The molecule has 0 bridgehead atoms. The second-order valence-electron chi connectivity index (χ2n) is 9.66. The van der Waals surface area contributed by atoms with Crippen LogP contribution >= 0.6 is 24.0 Å². The molecule has 4 heterocycles. The number of carbonyl (C=O) groups is 1. The third-order valence-corrected chi connectivity index (χ3v) is 7.68. The number of aromatic nitrogens is 3. The number of amides is 1. The van der Waals surface area contributed by atoms with Gasteiger partial charge in [-0.15, -0.1) is 12.4 Å². The summed E-state index contributed by atoms with van der Waals surface area (Å²) < 4.78 is 7.35. The van der Waals surface area contributed by atoms with Gasteiger partial charge >= 0.3 is 0 Å². The molecular weight excluding hydrogens is 511 g/mol. The number of nitrogens with zero attached hydrogens (tertiary/aromatic N) is 4. The van der Waals surface area contributed by atoms with E-state index >= 15 is 0 Å². The molecule has 0 spiro atoms. The number of carbonyl (C=O) groups excluding carboxylic acids is 1. The third kappa shape index (κ3) is 5.25. The molecule has 2 aromatic heterocycles. The van der Waals surface area contributed by atoms with Crippen molar-refractivity contribution in [2.45, 2.75) is 31.8 Å². The number of hydrogen-bond acceptors (Lipinski definition) is 6. The Bertz CT molecular complexity index is 1450. The van der Waals surface area contributed by atoms with Crippen molar-refractivity contribution in [3.63, 3.8) is 0 Å². The number of anilines is 1. The van der Waals surface area contributed by atoms with Crippen LogP contribution in [0, 0.1) is 0 Å². The summed E-state index contributed by atoms with van der Waals surface area (Å²) in [5.41, 5.74) is 5.11. The first kappa shape index (κ1) is 25.7. The largest absolute Gasteiger partial charge is 0.482 e. The van der Waals surface area contributed by atoms with Gasteiger partial charge in [0.1, 0.15) is 5.75 Å². The summed E-state index contributed by atoms with van der Waals surface area (Å²) in [7, 11) is 1.96. The van der Waals surface area contributed by atoms with Crippen molar-refractivity contribution in [1.82, 2.24) is 25.0 Å². The Balaban J connectivity index is 0.00000280. The van der Waals surface area contributed by atoms with Crippen molar-refractivity contribution in [3.05, 3.63) is 58.9 Å². The van der Waals surface area contributed by atoms with Crippen LogP contribution in [0.25, 0.3) is 21.8 Å². The average Bonchev–Trinajstić information content (AvgIpc) is 3.28. The Hall–Kier alpha value is -2.91. The predicted molar refractivity (Wildman–Crippen MR) is 149 cm³/mol. The number of aryl methyl sites for hydroxylation is 1. The van der Waals surface area contributed by atoms with Gasteiger partial charge in [0, 0.05) is 43.1 Å². The maximum atomic E-state index is 11.6. The van der Waals surface area contributed by atoms with Gasteiger partial charge in [0.25, 0.3) is 5.91 Å². The summed E-state index contributed by atoms with van der Waals surface area (Å²) >= 11 is 6.65. The molecule has 2 aliphatic rings. The monoisotopic (exact) mass is 540 g/mol. The van der Waals surface area contributed by atoms with Crippen molar-refractivity contribution >= 4 is 57.4 Å². The molecular formula is C27H30Cl2N6O2. The minimum absolute atomic E-state index is 0. The van der Waals surface area contributed by atoms with E-state index in [9.17, 15) is 4.79 Å².